The molecule has 0 saturated carbocycles. The summed E-state index contributed by atoms with van der Waals surface area (Å²) in [5, 5.41) is 0. The Hall–Kier alpha value is -2.59. The van der Waals surface area contributed by atoms with Gasteiger partial charge in [0.2, 0.25) is 0 Å². The summed E-state index contributed by atoms with van der Waals surface area (Å²) in [6.45, 7) is 0. The fourth-order valence-electron chi connectivity index (χ4n) is 5.57. The van der Waals surface area contributed by atoms with Crippen molar-refractivity contribution in [1.82, 2.24) is 0 Å². The molecule has 0 spiro atoms. The number of benzene rings is 4. The van der Waals surface area contributed by atoms with Crippen LogP contribution in [0, 0.1) is 0 Å². The van der Waals surface area contributed by atoms with Gasteiger partial charge < -0.3 is 0 Å². The van der Waals surface area contributed by atoms with Crippen molar-refractivity contribution >= 4 is 47.2 Å². The zero-order valence-electron chi connectivity index (χ0n) is 21.0. The first-order valence-electron chi connectivity index (χ1n) is 12.3. The Bertz CT molecular complexity index is 1260. The molecule has 4 aromatic carbocycles. The van der Waals surface area contributed by atoms with Gasteiger partial charge >= 0.3 is 217 Å². The third kappa shape index (κ3) is 4.78. The van der Waals surface area contributed by atoms with E-state index in [1.54, 1.807) is 0 Å². The van der Waals surface area contributed by atoms with Gasteiger partial charge in [0.1, 0.15) is 0 Å². The topological polar surface area (TPSA) is 9.23 Å². The van der Waals surface area contributed by atoms with E-state index in [-0.39, 0.29) is 0 Å². The van der Waals surface area contributed by atoms with Crippen molar-refractivity contribution in [2.45, 2.75) is 23.0 Å². The molecule has 0 N–H and O–H groups in total. The van der Waals surface area contributed by atoms with Crippen molar-refractivity contribution in [3.8, 4) is 0 Å². The SMILES string of the molecule is [CH3][Ge]1([CH3])[O][Ge]([CH3])([CH3])[C](c2ccccc2)=C(c2ccccc2)C(c2ccccc2)=[C]1c1ccccc1. The number of allylic oxidation sites excluding steroid dienone is 2. The van der Waals surface area contributed by atoms with Gasteiger partial charge in [-0.2, -0.15) is 0 Å². The minimum atomic E-state index is -2.97. The van der Waals surface area contributed by atoms with Crippen LogP contribution in [0.4, 0.5) is 0 Å². The molecule has 35 heavy (non-hydrogen) atoms. The zero-order chi connectivity index (χ0) is 24.5. The van der Waals surface area contributed by atoms with E-state index in [1.807, 2.05) is 0 Å². The van der Waals surface area contributed by atoms with Gasteiger partial charge in [-0.15, -0.1) is 0 Å². The summed E-state index contributed by atoms with van der Waals surface area (Å²) in [7, 11) is 0. The van der Waals surface area contributed by atoms with E-state index in [1.165, 1.54) is 42.2 Å². The molecule has 0 bridgehead atoms. The van der Waals surface area contributed by atoms with Gasteiger partial charge in [0, 0.05) is 0 Å². The van der Waals surface area contributed by atoms with Gasteiger partial charge in [0.25, 0.3) is 0 Å². The van der Waals surface area contributed by atoms with Gasteiger partial charge in [-0.3, -0.25) is 0 Å². The van der Waals surface area contributed by atoms with Crippen LogP contribution in [-0.2, 0) is 2.79 Å². The molecule has 1 heterocycles. The second-order valence-corrected chi connectivity index (χ2v) is 27.5. The molecule has 5 rings (SSSR count). The fraction of sp³-hybridized carbons (Fsp3) is 0.125. The number of hydrogen-bond acceptors (Lipinski definition) is 1. The molecule has 1 nitrogen and oxygen atoms in total. The molecule has 174 valence electrons. The number of rotatable bonds is 4. The first-order chi connectivity index (χ1) is 16.9. The van der Waals surface area contributed by atoms with Crippen LogP contribution >= 0.6 is 0 Å². The normalized spacial score (nSPS) is 17.3. The molecule has 0 unspecified atom stereocenters. The molecule has 0 radical (unpaired) electrons. The van der Waals surface area contributed by atoms with Gasteiger partial charge in [-0.05, 0) is 0 Å². The summed E-state index contributed by atoms with van der Waals surface area (Å²) in [6, 6.07) is 43.9. The molecule has 0 aliphatic carbocycles. The Morgan fingerprint density at radius 1 is 0.371 bits per heavy atom. The van der Waals surface area contributed by atoms with Crippen molar-refractivity contribution in [3.63, 3.8) is 0 Å². The van der Waals surface area contributed by atoms with Crippen LogP contribution in [0.3, 0.4) is 0 Å². The van der Waals surface area contributed by atoms with E-state index < -0.39 is 27.2 Å². The van der Waals surface area contributed by atoms with Crippen molar-refractivity contribution in [3.05, 3.63) is 144 Å². The Balaban J connectivity index is 2.02. The maximum absolute atomic E-state index is 7.48. The van der Waals surface area contributed by atoms with Crippen LogP contribution < -0.4 is 0 Å². The van der Waals surface area contributed by atoms with Crippen LogP contribution in [0.5, 0.6) is 0 Å². The summed E-state index contributed by atoms with van der Waals surface area (Å²) in [4.78, 5) is 0. The molecular weight excluding hydrogens is 546 g/mol. The van der Waals surface area contributed by atoms with E-state index in [0.29, 0.717) is 0 Å². The molecule has 4 aromatic rings. The average Bonchev–Trinajstić information content (AvgIpc) is 2.94. The Morgan fingerprint density at radius 2 is 0.629 bits per heavy atom. The van der Waals surface area contributed by atoms with E-state index >= 15 is 0 Å². The van der Waals surface area contributed by atoms with Crippen molar-refractivity contribution < 1.29 is 2.79 Å². The van der Waals surface area contributed by atoms with Crippen LogP contribution in [-0.4, -0.2) is 27.2 Å². The molecule has 0 fully saturated rings. The standard InChI is InChI=1S/C32H32Ge2O/c1-33(2)31(27-21-13-7-14-22-27)29(25-17-9-5-10-18-25)30(26-19-11-6-12-20-26)32(34(3,4)35-33)28-23-15-8-16-24-28/h5-24H,1-4H3. The molecule has 0 aromatic heterocycles. The quantitative estimate of drug-likeness (QED) is 0.220. The maximum atomic E-state index is 7.48. The van der Waals surface area contributed by atoms with Crippen molar-refractivity contribution in [1.29, 1.82) is 0 Å². The third-order valence-corrected chi connectivity index (χ3v) is 27.3. The molecule has 1 aliphatic rings. The molecule has 0 atom stereocenters. The van der Waals surface area contributed by atoms with Crippen LogP contribution in [0.15, 0.2) is 121 Å². The van der Waals surface area contributed by atoms with Gasteiger partial charge in [0.15, 0.2) is 0 Å². The first-order valence-corrected chi connectivity index (χ1v) is 24.5. The predicted molar refractivity (Wildman–Crippen MR) is 155 cm³/mol. The van der Waals surface area contributed by atoms with E-state index in [4.69, 9.17) is 2.79 Å². The minimum absolute atomic E-state index is 1.26. The Morgan fingerprint density at radius 3 is 0.914 bits per heavy atom. The monoisotopic (exact) mass is 580 g/mol. The van der Waals surface area contributed by atoms with Crippen LogP contribution in [0.1, 0.15) is 22.3 Å². The summed E-state index contributed by atoms with van der Waals surface area (Å²) in [6.07, 6.45) is 0. The molecular formula is C32H32Ge2O. The summed E-state index contributed by atoms with van der Waals surface area (Å²) < 4.78 is 10.3. The predicted octanol–water partition coefficient (Wildman–Crippen LogP) is 8.73. The Labute approximate surface area is 215 Å². The third-order valence-electron chi connectivity index (χ3n) is 6.71. The zero-order valence-corrected chi connectivity index (χ0v) is 25.2. The van der Waals surface area contributed by atoms with E-state index in [2.05, 4.69) is 144 Å². The Kier molecular flexibility index (Phi) is 6.76. The number of hydrogen-bond donors (Lipinski definition) is 0. The van der Waals surface area contributed by atoms with Crippen LogP contribution in [0.2, 0.25) is 23.0 Å². The van der Waals surface area contributed by atoms with Gasteiger partial charge in [-0.25, -0.2) is 0 Å². The fourth-order valence-corrected chi connectivity index (χ4v) is 32.1. The average molecular weight is 578 g/mol. The van der Waals surface area contributed by atoms with Crippen LogP contribution in [0.25, 0.3) is 20.0 Å². The molecule has 0 saturated heterocycles. The molecule has 0 amide bonds. The summed E-state index contributed by atoms with van der Waals surface area (Å²) in [5.41, 5.74) is 7.81. The van der Waals surface area contributed by atoms with Gasteiger partial charge in [0.05, 0.1) is 0 Å². The summed E-state index contributed by atoms with van der Waals surface area (Å²) >= 11 is -5.94. The molecule has 1 aliphatic heterocycles. The first kappa shape index (κ1) is 24.1. The molecule has 3 heteroatoms. The van der Waals surface area contributed by atoms with Gasteiger partial charge in [-0.1, -0.05) is 0 Å². The second kappa shape index (κ2) is 9.81. The second-order valence-electron chi connectivity index (χ2n) is 10.1. The van der Waals surface area contributed by atoms with E-state index in [0.717, 1.165) is 0 Å². The van der Waals surface area contributed by atoms with E-state index in [9.17, 15) is 0 Å². The van der Waals surface area contributed by atoms with Crippen molar-refractivity contribution in [2.24, 2.45) is 0 Å². The summed E-state index contributed by atoms with van der Waals surface area (Å²) in [5.74, 6) is 9.76. The van der Waals surface area contributed by atoms with Crippen molar-refractivity contribution in [2.75, 3.05) is 0 Å².